The number of aliphatic hydroxyl groups excluding tert-OH is 1. The Balaban J connectivity index is 1.91. The van der Waals surface area contributed by atoms with E-state index in [4.69, 9.17) is 4.74 Å². The van der Waals surface area contributed by atoms with Crippen molar-refractivity contribution < 1.29 is 9.84 Å². The molecule has 6 heteroatoms. The quantitative estimate of drug-likeness (QED) is 0.551. The number of unbranched alkanes of at least 4 members (excludes halogenated alkanes) is 1. The standard InChI is InChI=1S/C22H30N4O2/c1-4-5-6-18(12-14-27)25-22-21-20(23-16(2)24-22)11-13-26(21)15-17-7-9-19(28-3)10-8-17/h7-11,13,18,27H,4-6,12,14-15H2,1-3H3,(H,23,24,25). The monoisotopic (exact) mass is 382 g/mol. The van der Waals surface area contributed by atoms with Crippen molar-refractivity contribution in [2.24, 2.45) is 0 Å². The summed E-state index contributed by atoms with van der Waals surface area (Å²) in [6.45, 7) is 5.00. The van der Waals surface area contributed by atoms with Gasteiger partial charge in [0.05, 0.1) is 12.6 Å². The fourth-order valence-corrected chi connectivity index (χ4v) is 3.47. The molecule has 0 spiro atoms. The number of methoxy groups -OCH3 is 1. The minimum Gasteiger partial charge on any atom is -0.497 e. The molecule has 0 aliphatic heterocycles. The number of aliphatic hydroxyl groups is 1. The van der Waals surface area contributed by atoms with E-state index in [2.05, 4.69) is 45.1 Å². The summed E-state index contributed by atoms with van der Waals surface area (Å²) in [7, 11) is 1.67. The van der Waals surface area contributed by atoms with Crippen LogP contribution in [0.15, 0.2) is 36.5 Å². The fraction of sp³-hybridized carbons (Fsp3) is 0.455. The van der Waals surface area contributed by atoms with Crippen LogP contribution in [0.25, 0.3) is 11.0 Å². The average molecular weight is 383 g/mol. The highest BCUT2D eigenvalue weighted by molar-refractivity contribution is 5.86. The summed E-state index contributed by atoms with van der Waals surface area (Å²) in [5, 5.41) is 13.0. The number of rotatable bonds is 10. The number of nitrogens with zero attached hydrogens (tertiary/aromatic N) is 3. The summed E-state index contributed by atoms with van der Waals surface area (Å²) in [5.41, 5.74) is 3.12. The second-order valence-electron chi connectivity index (χ2n) is 7.14. The van der Waals surface area contributed by atoms with Gasteiger partial charge in [0, 0.05) is 25.4 Å². The second kappa shape index (κ2) is 9.55. The van der Waals surface area contributed by atoms with E-state index in [1.54, 1.807) is 7.11 Å². The molecule has 150 valence electrons. The molecule has 2 aromatic heterocycles. The maximum Gasteiger partial charge on any atom is 0.154 e. The molecule has 28 heavy (non-hydrogen) atoms. The van der Waals surface area contributed by atoms with Gasteiger partial charge in [0.15, 0.2) is 5.82 Å². The Labute approximate surface area is 166 Å². The van der Waals surface area contributed by atoms with Crippen LogP contribution in [0.5, 0.6) is 5.75 Å². The molecular weight excluding hydrogens is 352 g/mol. The van der Waals surface area contributed by atoms with Crippen LogP contribution in [0.1, 0.15) is 44.0 Å². The van der Waals surface area contributed by atoms with E-state index in [1.165, 1.54) is 5.56 Å². The first-order chi connectivity index (χ1) is 13.6. The molecule has 0 amide bonds. The van der Waals surface area contributed by atoms with Gasteiger partial charge in [-0.1, -0.05) is 31.9 Å². The highest BCUT2D eigenvalue weighted by atomic mass is 16.5. The summed E-state index contributed by atoms with van der Waals surface area (Å²) < 4.78 is 7.42. The number of aromatic nitrogens is 3. The SMILES string of the molecule is CCCCC(CCO)Nc1nc(C)nc2ccn(Cc3ccc(OC)cc3)c12. The Hall–Kier alpha value is -2.60. The van der Waals surface area contributed by atoms with Crippen molar-refractivity contribution in [3.05, 3.63) is 47.9 Å². The summed E-state index contributed by atoms with van der Waals surface area (Å²) in [6, 6.07) is 10.3. The first-order valence-electron chi connectivity index (χ1n) is 9.98. The Morgan fingerprint density at radius 3 is 2.61 bits per heavy atom. The van der Waals surface area contributed by atoms with Gasteiger partial charge in [0.25, 0.3) is 0 Å². The van der Waals surface area contributed by atoms with Crippen molar-refractivity contribution in [1.82, 2.24) is 14.5 Å². The molecule has 1 atom stereocenters. The molecule has 0 bridgehead atoms. The van der Waals surface area contributed by atoms with Gasteiger partial charge in [-0.2, -0.15) is 0 Å². The summed E-state index contributed by atoms with van der Waals surface area (Å²) in [6.07, 6.45) is 6.04. The van der Waals surface area contributed by atoms with E-state index >= 15 is 0 Å². The van der Waals surface area contributed by atoms with Crippen molar-refractivity contribution in [3.8, 4) is 5.75 Å². The predicted octanol–water partition coefficient (Wildman–Crippen LogP) is 4.15. The van der Waals surface area contributed by atoms with Crippen molar-refractivity contribution in [2.45, 2.75) is 52.1 Å². The molecular formula is C22H30N4O2. The normalized spacial score (nSPS) is 12.3. The molecule has 0 fully saturated rings. The number of anilines is 1. The van der Waals surface area contributed by atoms with Gasteiger partial charge in [-0.25, -0.2) is 9.97 Å². The Morgan fingerprint density at radius 2 is 1.93 bits per heavy atom. The van der Waals surface area contributed by atoms with Gasteiger partial charge in [-0.05, 0) is 43.5 Å². The molecule has 0 saturated carbocycles. The average Bonchev–Trinajstić information content (AvgIpc) is 3.09. The largest absolute Gasteiger partial charge is 0.497 e. The molecule has 3 rings (SSSR count). The molecule has 6 nitrogen and oxygen atoms in total. The highest BCUT2D eigenvalue weighted by Crippen LogP contribution is 2.25. The number of hydrogen-bond acceptors (Lipinski definition) is 5. The number of aryl methyl sites for hydroxylation is 1. The Morgan fingerprint density at radius 1 is 1.14 bits per heavy atom. The van der Waals surface area contributed by atoms with Gasteiger partial charge >= 0.3 is 0 Å². The van der Waals surface area contributed by atoms with Gasteiger partial charge in [0.1, 0.15) is 17.1 Å². The zero-order valence-electron chi connectivity index (χ0n) is 17.0. The van der Waals surface area contributed by atoms with Crippen molar-refractivity contribution in [2.75, 3.05) is 19.0 Å². The Kier molecular flexibility index (Phi) is 6.87. The van der Waals surface area contributed by atoms with E-state index in [0.29, 0.717) is 6.42 Å². The molecule has 1 unspecified atom stereocenters. The second-order valence-corrected chi connectivity index (χ2v) is 7.14. The van der Waals surface area contributed by atoms with E-state index in [-0.39, 0.29) is 12.6 Å². The van der Waals surface area contributed by atoms with Crippen LogP contribution in [0, 0.1) is 6.92 Å². The van der Waals surface area contributed by atoms with Crippen LogP contribution >= 0.6 is 0 Å². The maximum absolute atomic E-state index is 9.45. The molecule has 0 aliphatic carbocycles. The van der Waals surface area contributed by atoms with E-state index in [1.807, 2.05) is 25.1 Å². The molecule has 2 heterocycles. The topological polar surface area (TPSA) is 72.2 Å². The number of benzene rings is 1. The van der Waals surface area contributed by atoms with Gasteiger partial charge < -0.3 is 19.7 Å². The molecule has 3 aromatic rings. The van der Waals surface area contributed by atoms with Crippen LogP contribution < -0.4 is 10.1 Å². The lowest BCUT2D eigenvalue weighted by atomic mass is 10.1. The third-order valence-corrected chi connectivity index (χ3v) is 4.96. The van der Waals surface area contributed by atoms with E-state index in [0.717, 1.165) is 54.2 Å². The van der Waals surface area contributed by atoms with Crippen LogP contribution in [-0.4, -0.2) is 39.4 Å². The highest BCUT2D eigenvalue weighted by Gasteiger charge is 2.15. The van der Waals surface area contributed by atoms with E-state index < -0.39 is 0 Å². The van der Waals surface area contributed by atoms with Crippen LogP contribution in [0.2, 0.25) is 0 Å². The molecule has 0 saturated heterocycles. The lowest BCUT2D eigenvalue weighted by molar-refractivity contribution is 0.276. The van der Waals surface area contributed by atoms with Crippen molar-refractivity contribution in [1.29, 1.82) is 0 Å². The molecule has 0 aliphatic rings. The zero-order chi connectivity index (χ0) is 19.9. The number of fused-ring (bicyclic) bond motifs is 1. The minimum atomic E-state index is 0.168. The van der Waals surface area contributed by atoms with Gasteiger partial charge in [-0.3, -0.25) is 0 Å². The Bertz CT molecular complexity index is 889. The van der Waals surface area contributed by atoms with Gasteiger partial charge in [0.2, 0.25) is 0 Å². The minimum absolute atomic E-state index is 0.168. The van der Waals surface area contributed by atoms with Crippen molar-refractivity contribution >= 4 is 16.9 Å². The number of nitrogens with one attached hydrogen (secondary N) is 1. The lowest BCUT2D eigenvalue weighted by Gasteiger charge is -2.20. The number of ether oxygens (including phenoxy) is 1. The predicted molar refractivity (Wildman–Crippen MR) is 113 cm³/mol. The third-order valence-electron chi connectivity index (χ3n) is 4.96. The summed E-state index contributed by atoms with van der Waals surface area (Å²) in [4.78, 5) is 9.29. The van der Waals surface area contributed by atoms with Crippen molar-refractivity contribution in [3.63, 3.8) is 0 Å². The first-order valence-corrected chi connectivity index (χ1v) is 9.98. The maximum atomic E-state index is 9.45. The van der Waals surface area contributed by atoms with Crippen LogP contribution in [0.3, 0.4) is 0 Å². The van der Waals surface area contributed by atoms with Gasteiger partial charge in [-0.15, -0.1) is 0 Å². The summed E-state index contributed by atoms with van der Waals surface area (Å²) >= 11 is 0. The zero-order valence-corrected chi connectivity index (χ0v) is 17.0. The fourth-order valence-electron chi connectivity index (χ4n) is 3.47. The summed E-state index contributed by atoms with van der Waals surface area (Å²) in [5.74, 6) is 2.44. The smallest absolute Gasteiger partial charge is 0.154 e. The first kappa shape index (κ1) is 20.1. The number of hydrogen-bond donors (Lipinski definition) is 2. The van der Waals surface area contributed by atoms with E-state index in [9.17, 15) is 5.11 Å². The lowest BCUT2D eigenvalue weighted by Crippen LogP contribution is -2.22. The van der Waals surface area contributed by atoms with Crippen LogP contribution in [-0.2, 0) is 6.54 Å². The van der Waals surface area contributed by atoms with Crippen LogP contribution in [0.4, 0.5) is 5.82 Å². The molecule has 2 N–H and O–H groups in total. The molecule has 0 radical (unpaired) electrons. The molecule has 1 aromatic carbocycles. The third kappa shape index (κ3) is 4.81.